The van der Waals surface area contributed by atoms with Crippen molar-refractivity contribution in [1.82, 2.24) is 9.97 Å². The standard InChI is InChI=1S/C24H21N4O5P/c25-23(29)21-19-13-15(1-3-17(19)5-9-27-21)7-11-32-34(31)33-12-8-16-2-4-18-6-10-28-22(24(26)30)20(18)14-16/h1-6,9-10,13-14H,7-8,11-12H2,(H3-,25,26,29,30)/p+1. The molecule has 0 aliphatic heterocycles. The summed E-state index contributed by atoms with van der Waals surface area (Å²) >= 11 is 0. The van der Waals surface area contributed by atoms with E-state index >= 15 is 0 Å². The molecule has 9 nitrogen and oxygen atoms in total. The molecule has 172 valence electrons. The van der Waals surface area contributed by atoms with Gasteiger partial charge >= 0.3 is 8.25 Å². The van der Waals surface area contributed by atoms with Gasteiger partial charge < -0.3 is 11.5 Å². The summed E-state index contributed by atoms with van der Waals surface area (Å²) < 4.78 is 22.7. The zero-order valence-corrected chi connectivity index (χ0v) is 19.0. The monoisotopic (exact) mass is 477 g/mol. The average molecular weight is 477 g/mol. The molecule has 0 radical (unpaired) electrons. The summed E-state index contributed by atoms with van der Waals surface area (Å²) in [5.74, 6) is -1.19. The Hall–Kier alpha value is -3.78. The van der Waals surface area contributed by atoms with Crippen LogP contribution in [0.1, 0.15) is 32.1 Å². The van der Waals surface area contributed by atoms with Gasteiger partial charge in [0.15, 0.2) is 0 Å². The Balaban J connectivity index is 1.29. The SMILES string of the molecule is NC(=O)c1nccc2ccc(CCO[P+](=O)OCCc3ccc4ccnc(C(N)=O)c4c3)cc12. The molecular formula is C24H22N4O5P+. The van der Waals surface area contributed by atoms with Crippen molar-refractivity contribution in [2.24, 2.45) is 11.5 Å². The Bertz CT molecular complexity index is 1300. The third-order valence-electron chi connectivity index (χ3n) is 5.30. The van der Waals surface area contributed by atoms with Crippen LogP contribution < -0.4 is 11.5 Å². The van der Waals surface area contributed by atoms with Crippen LogP contribution >= 0.6 is 8.25 Å². The van der Waals surface area contributed by atoms with Gasteiger partial charge in [0.2, 0.25) is 0 Å². The fourth-order valence-corrected chi connectivity index (χ4v) is 4.20. The van der Waals surface area contributed by atoms with Crippen molar-refractivity contribution in [1.29, 1.82) is 0 Å². The summed E-state index contributed by atoms with van der Waals surface area (Å²) in [5.41, 5.74) is 13.0. The van der Waals surface area contributed by atoms with Crippen LogP contribution in [0.5, 0.6) is 0 Å². The van der Waals surface area contributed by atoms with E-state index in [4.69, 9.17) is 20.5 Å². The van der Waals surface area contributed by atoms with Crippen molar-refractivity contribution in [3.63, 3.8) is 0 Å². The van der Waals surface area contributed by atoms with Crippen molar-refractivity contribution in [3.05, 3.63) is 83.4 Å². The van der Waals surface area contributed by atoms with Crippen LogP contribution in [0.2, 0.25) is 0 Å². The Morgan fingerprint density at radius 2 is 1.18 bits per heavy atom. The number of amides is 2. The largest absolute Gasteiger partial charge is 0.697 e. The second-order valence-electron chi connectivity index (χ2n) is 7.55. The fraction of sp³-hybridized carbons (Fsp3) is 0.167. The van der Waals surface area contributed by atoms with Gasteiger partial charge in [-0.25, -0.2) is 0 Å². The molecule has 4 rings (SSSR count). The van der Waals surface area contributed by atoms with E-state index < -0.39 is 20.1 Å². The number of hydrogen-bond donors (Lipinski definition) is 2. The molecule has 4 N–H and O–H groups in total. The molecule has 10 heteroatoms. The zero-order valence-electron chi connectivity index (χ0n) is 18.1. The van der Waals surface area contributed by atoms with Crippen LogP contribution in [0.3, 0.4) is 0 Å². The maximum Gasteiger partial charge on any atom is 0.697 e. The molecule has 2 heterocycles. The van der Waals surface area contributed by atoms with Gasteiger partial charge in [-0.05, 0) is 46.2 Å². The van der Waals surface area contributed by atoms with Crippen LogP contribution in [-0.2, 0) is 26.5 Å². The predicted molar refractivity (Wildman–Crippen MR) is 127 cm³/mol. The lowest BCUT2D eigenvalue weighted by Crippen LogP contribution is -2.13. The molecule has 34 heavy (non-hydrogen) atoms. The normalized spacial score (nSPS) is 11.1. The van der Waals surface area contributed by atoms with Crippen LogP contribution in [0.4, 0.5) is 0 Å². The quantitative estimate of drug-likeness (QED) is 0.332. The molecule has 0 saturated carbocycles. The number of nitrogens with zero attached hydrogens (tertiary/aromatic N) is 2. The zero-order chi connectivity index (χ0) is 24.1. The van der Waals surface area contributed by atoms with E-state index in [0.29, 0.717) is 23.6 Å². The number of rotatable bonds is 10. The molecule has 4 aromatic rings. The van der Waals surface area contributed by atoms with Gasteiger partial charge in [0, 0.05) is 40.6 Å². The number of pyridine rings is 2. The number of carbonyl (C=O) groups excluding carboxylic acids is 2. The lowest BCUT2D eigenvalue weighted by molar-refractivity contribution is 0.0989. The molecule has 0 aliphatic rings. The molecule has 0 aliphatic carbocycles. The topological polar surface area (TPSA) is 147 Å². The number of nitrogens with two attached hydrogens (primary N) is 2. The molecule has 0 atom stereocenters. The van der Waals surface area contributed by atoms with Crippen molar-refractivity contribution in [2.45, 2.75) is 12.8 Å². The van der Waals surface area contributed by atoms with Gasteiger partial charge in [0.1, 0.15) is 24.6 Å². The number of fused-ring (bicyclic) bond motifs is 2. The smallest absolute Gasteiger partial charge is 0.364 e. The van der Waals surface area contributed by atoms with Gasteiger partial charge in [-0.15, -0.1) is 9.05 Å². The van der Waals surface area contributed by atoms with Gasteiger partial charge in [0.25, 0.3) is 11.8 Å². The van der Waals surface area contributed by atoms with E-state index in [9.17, 15) is 14.2 Å². The van der Waals surface area contributed by atoms with Crippen molar-refractivity contribution < 1.29 is 23.2 Å². The molecule has 0 fully saturated rings. The summed E-state index contributed by atoms with van der Waals surface area (Å²) in [6, 6.07) is 14.8. The Morgan fingerprint density at radius 3 is 1.59 bits per heavy atom. The first-order valence-corrected chi connectivity index (χ1v) is 11.6. The van der Waals surface area contributed by atoms with Crippen molar-refractivity contribution in [3.8, 4) is 0 Å². The Labute approximate surface area is 196 Å². The lowest BCUT2D eigenvalue weighted by Gasteiger charge is -2.05. The maximum absolute atomic E-state index is 12.1. The highest BCUT2D eigenvalue weighted by atomic mass is 31.1. The Kier molecular flexibility index (Phi) is 7.18. The second-order valence-corrected chi connectivity index (χ2v) is 8.51. The lowest BCUT2D eigenvalue weighted by atomic mass is 10.0. The average Bonchev–Trinajstić information content (AvgIpc) is 2.83. The van der Waals surface area contributed by atoms with Gasteiger partial charge in [-0.2, -0.15) is 0 Å². The predicted octanol–water partition coefficient (Wildman–Crippen LogP) is 3.46. The van der Waals surface area contributed by atoms with E-state index in [0.717, 1.165) is 21.9 Å². The number of primary amides is 2. The van der Waals surface area contributed by atoms with Crippen LogP contribution in [0.25, 0.3) is 21.5 Å². The molecule has 0 saturated heterocycles. The summed E-state index contributed by atoms with van der Waals surface area (Å²) in [7, 11) is -2.30. The van der Waals surface area contributed by atoms with Gasteiger partial charge in [0.05, 0.1) is 0 Å². The van der Waals surface area contributed by atoms with E-state index in [2.05, 4.69) is 9.97 Å². The van der Waals surface area contributed by atoms with E-state index in [-0.39, 0.29) is 24.6 Å². The van der Waals surface area contributed by atoms with Gasteiger partial charge in [-0.1, -0.05) is 24.3 Å². The van der Waals surface area contributed by atoms with Crippen molar-refractivity contribution in [2.75, 3.05) is 13.2 Å². The van der Waals surface area contributed by atoms with Crippen LogP contribution in [0, 0.1) is 0 Å². The van der Waals surface area contributed by atoms with Crippen LogP contribution in [0.15, 0.2) is 60.9 Å². The van der Waals surface area contributed by atoms with E-state index in [1.54, 1.807) is 24.5 Å². The minimum absolute atomic E-state index is 0.177. The maximum atomic E-state index is 12.1. The summed E-state index contributed by atoms with van der Waals surface area (Å²) in [5, 5.41) is 3.04. The molecule has 2 aromatic carbocycles. The summed E-state index contributed by atoms with van der Waals surface area (Å²) in [6.07, 6.45) is 4.03. The van der Waals surface area contributed by atoms with Gasteiger partial charge in [-0.3, -0.25) is 19.6 Å². The number of benzene rings is 2. The first-order chi connectivity index (χ1) is 16.4. The number of aromatic nitrogens is 2. The highest BCUT2D eigenvalue weighted by molar-refractivity contribution is 7.33. The molecule has 0 bridgehead atoms. The van der Waals surface area contributed by atoms with E-state index in [1.807, 2.05) is 36.4 Å². The minimum Gasteiger partial charge on any atom is -0.364 e. The fourth-order valence-electron chi connectivity index (χ4n) is 3.65. The molecule has 2 aromatic heterocycles. The van der Waals surface area contributed by atoms with Crippen molar-refractivity contribution >= 4 is 41.6 Å². The highest BCUT2D eigenvalue weighted by Crippen LogP contribution is 2.26. The molecular weight excluding hydrogens is 455 g/mol. The third-order valence-corrected chi connectivity index (χ3v) is 6.09. The van der Waals surface area contributed by atoms with Crippen LogP contribution in [-0.4, -0.2) is 35.0 Å². The minimum atomic E-state index is -2.30. The number of hydrogen-bond acceptors (Lipinski definition) is 7. The molecule has 0 spiro atoms. The summed E-state index contributed by atoms with van der Waals surface area (Å²) in [4.78, 5) is 31.3. The second kappa shape index (κ2) is 10.4. The van der Waals surface area contributed by atoms with E-state index in [1.165, 1.54) is 0 Å². The summed E-state index contributed by atoms with van der Waals surface area (Å²) in [6.45, 7) is 0.354. The first kappa shape index (κ1) is 23.4. The first-order valence-electron chi connectivity index (χ1n) is 10.5. The third kappa shape index (κ3) is 5.40. The molecule has 2 amide bonds. The number of carbonyl (C=O) groups is 2. The molecule has 0 unspecified atom stereocenters. The highest BCUT2D eigenvalue weighted by Gasteiger charge is 2.20. The Morgan fingerprint density at radius 1 is 0.735 bits per heavy atom.